The summed E-state index contributed by atoms with van der Waals surface area (Å²) in [5.41, 5.74) is 2.04. The van der Waals surface area contributed by atoms with Crippen LogP contribution in [0.15, 0.2) is 42.4 Å². The van der Waals surface area contributed by atoms with Gasteiger partial charge in [0.1, 0.15) is 0 Å². The Bertz CT molecular complexity index is 826. The molecule has 1 N–H and O–H groups in total. The van der Waals surface area contributed by atoms with E-state index in [1.54, 1.807) is 0 Å². The van der Waals surface area contributed by atoms with Gasteiger partial charge < -0.3 is 5.32 Å². The quantitative estimate of drug-likeness (QED) is 0.744. The predicted octanol–water partition coefficient (Wildman–Crippen LogP) is 5.60. The van der Waals surface area contributed by atoms with Gasteiger partial charge in [-0.05, 0) is 48.6 Å². The number of hydrogen-bond donors (Lipinski definition) is 1. The van der Waals surface area contributed by atoms with Gasteiger partial charge in [-0.3, -0.25) is 0 Å². The lowest BCUT2D eigenvalue weighted by Crippen LogP contribution is -2.24. The van der Waals surface area contributed by atoms with Crippen molar-refractivity contribution in [2.24, 2.45) is 0 Å². The number of nitrogens with one attached hydrogen (secondary N) is 1. The molecule has 0 saturated carbocycles. The van der Waals surface area contributed by atoms with Crippen LogP contribution in [0.2, 0.25) is 10.0 Å². The molecule has 21 heavy (non-hydrogen) atoms. The molecule has 0 fully saturated rings. The van der Waals surface area contributed by atoms with Crippen LogP contribution in [-0.2, 0) is 0 Å². The van der Waals surface area contributed by atoms with E-state index in [0.717, 1.165) is 11.1 Å². The molecule has 2 atom stereocenters. The van der Waals surface area contributed by atoms with Gasteiger partial charge in [-0.2, -0.15) is 0 Å². The zero-order valence-electron chi connectivity index (χ0n) is 17.0. The summed E-state index contributed by atoms with van der Waals surface area (Å²) in [7, 11) is 0. The first-order chi connectivity index (χ1) is 12.1. The van der Waals surface area contributed by atoms with Crippen LogP contribution in [0.3, 0.4) is 0 Å². The van der Waals surface area contributed by atoms with E-state index in [9.17, 15) is 0 Å². The maximum atomic E-state index is 8.32. The molecule has 1 aliphatic rings. The molecule has 0 aromatic heterocycles. The van der Waals surface area contributed by atoms with E-state index >= 15 is 0 Å². The monoisotopic (exact) mass is 347 g/mol. The molecule has 0 saturated heterocycles. The first kappa shape index (κ1) is 10.1. The highest BCUT2D eigenvalue weighted by Crippen LogP contribution is 2.42. The normalized spacial score (nSPS) is 25.2. The summed E-state index contributed by atoms with van der Waals surface area (Å²) >= 11 is 12.1. The summed E-state index contributed by atoms with van der Waals surface area (Å²) in [5, 5.41) is 2.56. The van der Waals surface area contributed by atoms with Crippen molar-refractivity contribution in [2.75, 3.05) is 6.98 Å². The molecule has 0 spiro atoms. The molecule has 0 amide bonds. The largest absolute Gasteiger partial charge is 0.313 e. The SMILES string of the molecule is Cl.[2H]c1c([2H])c([C@H]2CC[C@H](NC([2H])([2H])[2H])c3ccccc32)c([2H])c(Cl)c1Cl. The van der Waals surface area contributed by atoms with Crippen LogP contribution in [0.1, 0.15) is 49.7 Å². The van der Waals surface area contributed by atoms with Gasteiger partial charge in [0.2, 0.25) is 0 Å². The summed E-state index contributed by atoms with van der Waals surface area (Å²) in [5.74, 6) is -0.306. The third kappa shape index (κ3) is 3.22. The van der Waals surface area contributed by atoms with Gasteiger partial charge in [0.25, 0.3) is 0 Å². The molecule has 0 radical (unpaired) electrons. The van der Waals surface area contributed by atoms with Crippen LogP contribution in [0, 0.1) is 0 Å². The van der Waals surface area contributed by atoms with E-state index in [1.807, 2.05) is 24.3 Å². The van der Waals surface area contributed by atoms with Crippen molar-refractivity contribution in [1.29, 1.82) is 0 Å². The second-order valence-corrected chi connectivity index (χ2v) is 5.63. The lowest BCUT2D eigenvalue weighted by Gasteiger charge is -2.32. The lowest BCUT2D eigenvalue weighted by atomic mass is 9.77. The smallest absolute Gasteiger partial charge is 0.0642 e. The molecular formula is C17H18Cl3N. The Morgan fingerprint density at radius 1 is 1.14 bits per heavy atom. The fourth-order valence-electron chi connectivity index (χ4n) is 2.80. The minimum absolute atomic E-state index is 0. The van der Waals surface area contributed by atoms with E-state index in [1.165, 1.54) is 0 Å². The van der Waals surface area contributed by atoms with Crippen LogP contribution in [-0.4, -0.2) is 6.98 Å². The Kier molecular flexibility index (Phi) is 3.38. The van der Waals surface area contributed by atoms with Gasteiger partial charge in [-0.25, -0.2) is 0 Å². The maximum Gasteiger partial charge on any atom is 0.0642 e. The molecule has 2 aromatic rings. The topological polar surface area (TPSA) is 12.0 Å². The van der Waals surface area contributed by atoms with E-state index in [2.05, 4.69) is 5.32 Å². The zero-order valence-corrected chi connectivity index (χ0v) is 13.4. The van der Waals surface area contributed by atoms with Crippen LogP contribution in [0.4, 0.5) is 0 Å². The fraction of sp³-hybridized carbons (Fsp3) is 0.294. The summed E-state index contributed by atoms with van der Waals surface area (Å²) in [4.78, 5) is 0. The Morgan fingerprint density at radius 3 is 2.67 bits per heavy atom. The van der Waals surface area contributed by atoms with Gasteiger partial charge in [0.15, 0.2) is 0 Å². The van der Waals surface area contributed by atoms with Gasteiger partial charge >= 0.3 is 0 Å². The molecule has 3 rings (SSSR count). The van der Waals surface area contributed by atoms with Crippen LogP contribution in [0.25, 0.3) is 0 Å². The summed E-state index contributed by atoms with van der Waals surface area (Å²) in [6, 6.07) is 6.74. The highest BCUT2D eigenvalue weighted by atomic mass is 35.5. The molecule has 1 aliphatic carbocycles. The van der Waals surface area contributed by atoms with Crippen molar-refractivity contribution in [1.82, 2.24) is 5.32 Å². The zero-order chi connectivity index (χ0) is 19.2. The highest BCUT2D eigenvalue weighted by Gasteiger charge is 2.27. The maximum absolute atomic E-state index is 8.32. The average Bonchev–Trinajstić information content (AvgIpc) is 2.59. The van der Waals surface area contributed by atoms with Crippen molar-refractivity contribution in [2.45, 2.75) is 24.8 Å². The minimum Gasteiger partial charge on any atom is -0.313 e. The average molecular weight is 349 g/mol. The molecule has 0 aliphatic heterocycles. The molecule has 112 valence electrons. The molecular weight excluding hydrogens is 325 g/mol. The van der Waals surface area contributed by atoms with Crippen LogP contribution >= 0.6 is 35.6 Å². The van der Waals surface area contributed by atoms with E-state index < -0.39 is 6.98 Å². The van der Waals surface area contributed by atoms with Gasteiger partial charge in [0, 0.05) is 16.1 Å². The van der Waals surface area contributed by atoms with Crippen molar-refractivity contribution in [3.05, 3.63) is 69.1 Å². The van der Waals surface area contributed by atoms with Crippen molar-refractivity contribution in [3.8, 4) is 0 Å². The molecule has 0 unspecified atom stereocenters. The number of rotatable bonds is 2. The van der Waals surface area contributed by atoms with E-state index in [4.69, 9.17) is 31.4 Å². The highest BCUT2D eigenvalue weighted by molar-refractivity contribution is 6.42. The fourth-order valence-corrected chi connectivity index (χ4v) is 3.04. The first-order valence-corrected chi connectivity index (χ1v) is 7.18. The molecule has 2 aromatic carbocycles. The summed E-state index contributed by atoms with van der Waals surface area (Å²) in [6.45, 7) is -2.26. The lowest BCUT2D eigenvalue weighted by molar-refractivity contribution is 0.471. The molecule has 0 heterocycles. The third-order valence-electron chi connectivity index (χ3n) is 3.76. The van der Waals surface area contributed by atoms with Crippen LogP contribution in [0.5, 0.6) is 0 Å². The molecule has 0 bridgehead atoms. The number of halogens is 3. The van der Waals surface area contributed by atoms with E-state index in [-0.39, 0.29) is 52.5 Å². The standard InChI is InChI=1S/C17H17Cl2N.ClH/c1-20-17-9-7-12(13-4-2-3-5-14(13)17)11-6-8-15(18)16(19)10-11;/h2-6,8,10,12,17,20H,7,9H2,1H3;1H/t12-,17+;/m1./s1/i1D3,6D,8D,10D;. The van der Waals surface area contributed by atoms with Gasteiger partial charge in [0.05, 0.1) is 14.2 Å². The van der Waals surface area contributed by atoms with Crippen LogP contribution < -0.4 is 5.32 Å². The number of benzene rings is 2. The van der Waals surface area contributed by atoms with Gasteiger partial charge in [-0.15, -0.1) is 12.4 Å². The van der Waals surface area contributed by atoms with Crippen molar-refractivity contribution < 1.29 is 8.22 Å². The number of fused-ring (bicyclic) bond motifs is 1. The molecule has 4 heteroatoms. The van der Waals surface area contributed by atoms with Crippen molar-refractivity contribution >= 4 is 35.6 Å². The van der Waals surface area contributed by atoms with E-state index in [0.29, 0.717) is 18.4 Å². The summed E-state index contributed by atoms with van der Waals surface area (Å²) < 4.78 is 47.1. The second-order valence-electron chi connectivity index (χ2n) is 4.87. The Morgan fingerprint density at radius 2 is 1.90 bits per heavy atom. The van der Waals surface area contributed by atoms with Gasteiger partial charge in [-0.1, -0.05) is 53.5 Å². The predicted molar refractivity (Wildman–Crippen MR) is 93.0 cm³/mol. The number of hydrogen-bond acceptors (Lipinski definition) is 1. The Labute approximate surface area is 150 Å². The minimum atomic E-state index is -2.26. The third-order valence-corrected chi connectivity index (χ3v) is 4.42. The Balaban J connectivity index is 0.00000261. The second kappa shape index (κ2) is 7.02. The first-order valence-electron chi connectivity index (χ1n) is 9.43. The van der Waals surface area contributed by atoms with Crippen molar-refractivity contribution in [3.63, 3.8) is 0 Å². The molecule has 1 nitrogen and oxygen atoms in total. The Hall–Kier alpha value is -0.730. The summed E-state index contributed by atoms with van der Waals surface area (Å²) in [6.07, 6.45) is 1.08.